The van der Waals surface area contributed by atoms with E-state index < -0.39 is 23.6 Å². The van der Waals surface area contributed by atoms with Gasteiger partial charge >= 0.3 is 0 Å². The Labute approximate surface area is 436 Å². The Balaban J connectivity index is 0.939. The number of likely N-dealkylation sites (tertiary alicyclic amines) is 1. The first-order chi connectivity index (χ1) is 36.7. The van der Waals surface area contributed by atoms with Crippen LogP contribution in [0, 0.1) is 13.8 Å². The molecule has 1 saturated heterocycles. The number of benzene rings is 2. The van der Waals surface area contributed by atoms with E-state index in [-0.39, 0.29) is 41.5 Å². The Bertz CT molecular complexity index is 3320. The fraction of sp³-hybridized carbons (Fsp3) is 0.460. The van der Waals surface area contributed by atoms with Gasteiger partial charge in [0.25, 0.3) is 17.7 Å². The number of carbonyl (C=O) groups is 5. The van der Waals surface area contributed by atoms with E-state index in [2.05, 4.69) is 45.3 Å². The van der Waals surface area contributed by atoms with Crippen molar-refractivity contribution in [2.75, 3.05) is 57.1 Å². The monoisotopic (exact) mass is 1040 g/mol. The lowest BCUT2D eigenvalue weighted by atomic mass is 9.95. The van der Waals surface area contributed by atoms with E-state index in [1.165, 1.54) is 7.11 Å². The van der Waals surface area contributed by atoms with Gasteiger partial charge in [-0.05, 0) is 109 Å². The number of ether oxygens (including phenoxy) is 2. The third-order valence-electron chi connectivity index (χ3n) is 13.9. The van der Waals surface area contributed by atoms with E-state index in [4.69, 9.17) is 36.8 Å². The number of nitrogens with one attached hydrogen (secondary N) is 2. The number of carbonyl (C=O) groups excluding carboxylic acids is 5. The van der Waals surface area contributed by atoms with Crippen molar-refractivity contribution in [3.8, 4) is 11.5 Å². The summed E-state index contributed by atoms with van der Waals surface area (Å²) in [5.41, 5.74) is 15.9. The maximum Gasteiger partial charge on any atom is 0.276 e. The summed E-state index contributed by atoms with van der Waals surface area (Å²) < 4.78 is 21.4. The second-order valence-corrected chi connectivity index (χ2v) is 19.0. The van der Waals surface area contributed by atoms with Crippen LogP contribution >= 0.6 is 0 Å². The van der Waals surface area contributed by atoms with Crippen LogP contribution in [0.15, 0.2) is 36.4 Å². The highest BCUT2D eigenvalue weighted by Crippen LogP contribution is 2.35. The van der Waals surface area contributed by atoms with Gasteiger partial charge in [-0.1, -0.05) is 0 Å². The molecule has 402 valence electrons. The van der Waals surface area contributed by atoms with Crippen LogP contribution in [0.3, 0.4) is 0 Å². The third kappa shape index (κ3) is 10.9. The molecule has 0 unspecified atom stereocenters. The van der Waals surface area contributed by atoms with E-state index in [0.717, 1.165) is 44.1 Å². The van der Waals surface area contributed by atoms with E-state index in [9.17, 15) is 24.0 Å². The lowest BCUT2D eigenvalue weighted by molar-refractivity contribution is -0.137. The quantitative estimate of drug-likeness (QED) is 0.0481. The SMILES string of the molecule is CCn1nc(C)cc1C(=O)Nc1nc2cc(C(N)=O)cc(OC)c2n1CCCCn1c(NC(=O)c2cc(C)nn2CC)nc2cc(C(N)=O)cc(OCCCN3CCC(c4nnc5n4CCN(C(=O)CON)C5)CC3)c21. The summed E-state index contributed by atoms with van der Waals surface area (Å²) in [5, 5.41) is 23.8. The maximum absolute atomic E-state index is 14.0. The molecule has 0 radical (unpaired) electrons. The minimum Gasteiger partial charge on any atom is -0.494 e. The number of primary amides is 2. The average Bonchev–Trinajstić information content (AvgIpc) is 4.25. The first kappa shape index (κ1) is 52.6. The predicted molar refractivity (Wildman–Crippen MR) is 278 cm³/mol. The van der Waals surface area contributed by atoms with Gasteiger partial charge in [0, 0.05) is 62.9 Å². The molecule has 0 saturated carbocycles. The number of nitrogens with zero attached hydrogens (tertiary/aromatic N) is 13. The molecule has 26 nitrogen and oxygen atoms in total. The van der Waals surface area contributed by atoms with Crippen molar-refractivity contribution in [1.82, 2.24) is 63.2 Å². The number of piperidine rings is 1. The zero-order valence-electron chi connectivity index (χ0n) is 43.4. The summed E-state index contributed by atoms with van der Waals surface area (Å²) >= 11 is 0. The second-order valence-electron chi connectivity index (χ2n) is 19.0. The van der Waals surface area contributed by atoms with Crippen LogP contribution < -0.4 is 37.5 Å². The smallest absolute Gasteiger partial charge is 0.276 e. The molecule has 7 aromatic rings. The number of hydrogen-bond acceptors (Lipinski definition) is 16. The number of unbranched alkanes of at least 4 members (excludes halogenated alkanes) is 1. The highest BCUT2D eigenvalue weighted by molar-refractivity contribution is 6.05. The molecule has 0 atom stereocenters. The molecule has 5 amide bonds. The van der Waals surface area contributed by atoms with Crippen molar-refractivity contribution in [1.29, 1.82) is 0 Å². The molecule has 0 aliphatic carbocycles. The van der Waals surface area contributed by atoms with Crippen LogP contribution in [0.5, 0.6) is 11.5 Å². The van der Waals surface area contributed by atoms with Crippen LogP contribution in [0.25, 0.3) is 22.1 Å². The predicted octanol–water partition coefficient (Wildman–Crippen LogP) is 3.10. The number of anilines is 2. The number of hydrogen-bond donors (Lipinski definition) is 5. The third-order valence-corrected chi connectivity index (χ3v) is 13.9. The van der Waals surface area contributed by atoms with Crippen LogP contribution in [-0.4, -0.2) is 139 Å². The summed E-state index contributed by atoms with van der Waals surface area (Å²) in [5.74, 6) is 5.88. The summed E-state index contributed by atoms with van der Waals surface area (Å²) in [6.45, 7) is 13.1. The minimum atomic E-state index is -0.666. The van der Waals surface area contributed by atoms with Gasteiger partial charge in [-0.25, -0.2) is 15.9 Å². The van der Waals surface area contributed by atoms with Gasteiger partial charge in [-0.3, -0.25) is 48.8 Å². The molecule has 2 aliphatic rings. The molecule has 7 heterocycles. The Hall–Kier alpha value is -8.23. The zero-order valence-corrected chi connectivity index (χ0v) is 43.4. The largest absolute Gasteiger partial charge is 0.494 e. The number of aromatic nitrogens is 11. The van der Waals surface area contributed by atoms with Crippen LogP contribution in [0.1, 0.15) is 117 Å². The van der Waals surface area contributed by atoms with E-state index in [1.807, 2.05) is 36.8 Å². The molecular formula is C50H64N18O8. The van der Waals surface area contributed by atoms with E-state index >= 15 is 0 Å². The van der Waals surface area contributed by atoms with E-state index in [0.29, 0.717) is 128 Å². The van der Waals surface area contributed by atoms with Crippen LogP contribution in [0.4, 0.5) is 11.9 Å². The van der Waals surface area contributed by atoms with Gasteiger partial charge in [0.15, 0.2) is 5.82 Å². The van der Waals surface area contributed by atoms with E-state index in [1.54, 1.807) is 50.7 Å². The molecular weight excluding hydrogens is 981 g/mol. The molecule has 0 spiro atoms. The summed E-state index contributed by atoms with van der Waals surface area (Å²) in [6, 6.07) is 9.71. The number of fused-ring (bicyclic) bond motifs is 3. The van der Waals surface area contributed by atoms with Crippen molar-refractivity contribution in [2.24, 2.45) is 17.4 Å². The molecule has 2 aliphatic heterocycles. The first-order valence-electron chi connectivity index (χ1n) is 25.5. The van der Waals surface area contributed by atoms with Crippen molar-refractivity contribution >= 4 is 63.5 Å². The van der Waals surface area contributed by atoms with Crippen molar-refractivity contribution < 1.29 is 38.3 Å². The number of methoxy groups -OCH3 is 1. The molecule has 9 rings (SSSR count). The van der Waals surface area contributed by atoms with Gasteiger partial charge in [0.05, 0.1) is 42.7 Å². The standard InChI is InChI=1S/C50H64N18O8/c1-6-67-36(21-29(3)60-67)47(72)56-49-54-34-23-32(44(51)70)25-38(74-5)42(34)65(49)14-8-9-15-66-43-35(55-50(66)57-48(73)37-22-30(4)61-68(37)7-2)24-33(45(52)71)26-39(43)75-20-10-13-62-16-11-31(12-17-62)46-59-58-40-27-63(18-19-64(40)46)41(69)28-76-53/h21-26,31H,6-20,27-28,53H2,1-5H3,(H2,51,70)(H2,52,71)(H,54,56,72)(H,55,57,73). The fourth-order valence-electron chi connectivity index (χ4n) is 10.2. The lowest BCUT2D eigenvalue weighted by Gasteiger charge is -2.33. The van der Waals surface area contributed by atoms with Crippen LogP contribution in [-0.2, 0) is 48.9 Å². The van der Waals surface area contributed by atoms with Crippen LogP contribution in [0.2, 0.25) is 0 Å². The number of amides is 5. The number of rotatable bonds is 22. The Morgan fingerprint density at radius 3 is 1.78 bits per heavy atom. The topological polar surface area (TPSA) is 324 Å². The molecule has 1 fully saturated rings. The van der Waals surface area contributed by atoms with Crippen molar-refractivity contribution in [3.05, 3.63) is 81.9 Å². The molecule has 2 aromatic carbocycles. The number of imidazole rings is 2. The Morgan fingerprint density at radius 1 is 0.697 bits per heavy atom. The van der Waals surface area contributed by atoms with Gasteiger partial charge < -0.3 is 44.4 Å². The van der Waals surface area contributed by atoms with Crippen molar-refractivity contribution in [3.63, 3.8) is 0 Å². The minimum absolute atomic E-state index is 0.179. The van der Waals surface area contributed by atoms with Gasteiger partial charge in [-0.2, -0.15) is 10.2 Å². The van der Waals surface area contributed by atoms with Gasteiger partial charge in [0.1, 0.15) is 46.4 Å². The molecule has 8 N–H and O–H groups in total. The summed E-state index contributed by atoms with van der Waals surface area (Å²) in [7, 11) is 1.48. The normalized spacial score (nSPS) is 14.1. The van der Waals surface area contributed by atoms with Gasteiger partial charge in [-0.15, -0.1) is 10.2 Å². The highest BCUT2D eigenvalue weighted by atomic mass is 16.6. The number of aryl methyl sites for hydroxylation is 6. The second kappa shape index (κ2) is 22.7. The Morgan fingerprint density at radius 2 is 1.25 bits per heavy atom. The zero-order chi connectivity index (χ0) is 53.8. The summed E-state index contributed by atoms with van der Waals surface area (Å²) in [4.78, 5) is 83.6. The lowest BCUT2D eigenvalue weighted by Crippen LogP contribution is -2.41. The highest BCUT2D eigenvalue weighted by Gasteiger charge is 2.31. The summed E-state index contributed by atoms with van der Waals surface area (Å²) in [6.07, 6.45) is 3.48. The van der Waals surface area contributed by atoms with Crippen molar-refractivity contribution in [2.45, 2.75) is 105 Å². The van der Waals surface area contributed by atoms with Gasteiger partial charge in [0.2, 0.25) is 23.7 Å². The fourth-order valence-corrected chi connectivity index (χ4v) is 10.2. The molecule has 0 bridgehead atoms. The molecule has 76 heavy (non-hydrogen) atoms. The maximum atomic E-state index is 14.0. The molecule has 26 heteroatoms. The Kier molecular flexibility index (Phi) is 15.7. The molecule has 5 aromatic heterocycles. The first-order valence-corrected chi connectivity index (χ1v) is 25.5. The number of nitrogens with two attached hydrogens (primary N) is 3. The average molecular weight is 1050 g/mol.